The predicted molar refractivity (Wildman–Crippen MR) is 96.9 cm³/mol. The van der Waals surface area contributed by atoms with Crippen molar-refractivity contribution in [2.75, 3.05) is 39.4 Å². The van der Waals surface area contributed by atoms with Crippen LogP contribution in [0.15, 0.2) is 16.6 Å². The molecule has 0 radical (unpaired) electrons. The molecule has 130 valence electrons. The lowest BCUT2D eigenvalue weighted by atomic mass is 10.1. The van der Waals surface area contributed by atoms with Crippen molar-refractivity contribution in [2.45, 2.75) is 20.3 Å². The maximum atomic E-state index is 12.4. The number of carbonyl (C=O) groups excluding carboxylic acids is 1. The summed E-state index contributed by atoms with van der Waals surface area (Å²) in [6, 6.07) is 3.79. The minimum atomic E-state index is 0. The lowest BCUT2D eigenvalue weighted by Gasteiger charge is -2.27. The summed E-state index contributed by atoms with van der Waals surface area (Å²) >= 11 is 3.54. The molecule has 0 saturated carbocycles. The fourth-order valence-corrected chi connectivity index (χ4v) is 2.90. The molecule has 1 fully saturated rings. The number of ether oxygens (including phenoxy) is 2. The van der Waals surface area contributed by atoms with E-state index in [0.717, 1.165) is 36.2 Å². The van der Waals surface area contributed by atoms with E-state index in [1.54, 1.807) is 0 Å². The van der Waals surface area contributed by atoms with Crippen molar-refractivity contribution in [3.05, 3.63) is 22.2 Å². The maximum absolute atomic E-state index is 12.4. The largest absolute Gasteiger partial charge is 0.490 e. The molecule has 1 heterocycles. The Morgan fingerprint density at radius 3 is 2.30 bits per heavy atom. The summed E-state index contributed by atoms with van der Waals surface area (Å²) in [6.45, 7) is 8.27. The number of hydrogen-bond donors (Lipinski definition) is 1. The molecule has 1 N–H and O–H groups in total. The van der Waals surface area contributed by atoms with Crippen LogP contribution < -0.4 is 14.8 Å². The van der Waals surface area contributed by atoms with E-state index in [2.05, 4.69) is 21.2 Å². The van der Waals surface area contributed by atoms with E-state index in [9.17, 15) is 4.79 Å². The van der Waals surface area contributed by atoms with Crippen LogP contribution in [0.4, 0.5) is 0 Å². The third-order valence-corrected chi connectivity index (χ3v) is 4.26. The number of nitrogens with one attached hydrogen (secondary N) is 1. The molecule has 1 aliphatic rings. The molecule has 1 saturated heterocycles. The van der Waals surface area contributed by atoms with Crippen LogP contribution in [0.5, 0.6) is 11.5 Å². The van der Waals surface area contributed by atoms with Gasteiger partial charge in [0.1, 0.15) is 0 Å². The summed E-state index contributed by atoms with van der Waals surface area (Å²) in [5, 5.41) is 3.25. The van der Waals surface area contributed by atoms with Gasteiger partial charge in [-0.2, -0.15) is 0 Å². The molecule has 2 rings (SSSR count). The zero-order chi connectivity index (χ0) is 15.9. The lowest BCUT2D eigenvalue weighted by molar-refractivity contribution is -0.131. The number of hydrogen-bond acceptors (Lipinski definition) is 4. The lowest BCUT2D eigenvalue weighted by Crippen LogP contribution is -2.46. The predicted octanol–water partition coefficient (Wildman–Crippen LogP) is 2.64. The molecule has 1 aromatic carbocycles. The molecule has 0 aliphatic carbocycles. The summed E-state index contributed by atoms with van der Waals surface area (Å²) < 4.78 is 12.1. The molecule has 23 heavy (non-hydrogen) atoms. The number of carbonyl (C=O) groups is 1. The third kappa shape index (κ3) is 5.55. The standard InChI is InChI=1S/C16H23BrN2O3.ClH/c1-3-21-14-9-12(13(17)11-15(14)22-4-2)10-16(20)19-7-5-18-6-8-19;/h9,11,18H,3-8,10H2,1-2H3;1H. The van der Waals surface area contributed by atoms with Crippen molar-refractivity contribution in [3.8, 4) is 11.5 Å². The Morgan fingerprint density at radius 2 is 1.74 bits per heavy atom. The molecule has 0 atom stereocenters. The van der Waals surface area contributed by atoms with Gasteiger partial charge >= 0.3 is 0 Å². The molecule has 1 aromatic rings. The van der Waals surface area contributed by atoms with E-state index in [1.807, 2.05) is 30.9 Å². The van der Waals surface area contributed by atoms with Gasteiger partial charge in [-0.1, -0.05) is 15.9 Å². The second-order valence-electron chi connectivity index (χ2n) is 5.06. The van der Waals surface area contributed by atoms with Gasteiger partial charge in [0.05, 0.1) is 19.6 Å². The SMILES string of the molecule is CCOc1cc(Br)c(CC(=O)N2CCNCC2)cc1OCC.Cl. The molecule has 7 heteroatoms. The van der Waals surface area contributed by atoms with Crippen molar-refractivity contribution in [1.29, 1.82) is 0 Å². The van der Waals surface area contributed by atoms with Crippen molar-refractivity contribution >= 4 is 34.2 Å². The molecule has 0 bridgehead atoms. The number of benzene rings is 1. The van der Waals surface area contributed by atoms with Crippen molar-refractivity contribution in [3.63, 3.8) is 0 Å². The van der Waals surface area contributed by atoms with Gasteiger partial charge in [-0.25, -0.2) is 0 Å². The van der Waals surface area contributed by atoms with Crippen LogP contribution in [0.1, 0.15) is 19.4 Å². The average Bonchev–Trinajstić information content (AvgIpc) is 2.53. The van der Waals surface area contributed by atoms with E-state index in [0.29, 0.717) is 31.1 Å². The van der Waals surface area contributed by atoms with Crippen molar-refractivity contribution < 1.29 is 14.3 Å². The zero-order valence-electron chi connectivity index (χ0n) is 13.6. The van der Waals surface area contributed by atoms with Gasteiger partial charge < -0.3 is 19.7 Å². The Bertz CT molecular complexity index is 522. The molecule has 0 unspecified atom stereocenters. The Labute approximate surface area is 152 Å². The highest BCUT2D eigenvalue weighted by atomic mass is 79.9. The van der Waals surface area contributed by atoms with E-state index < -0.39 is 0 Å². The van der Waals surface area contributed by atoms with Gasteiger partial charge in [-0.3, -0.25) is 4.79 Å². The van der Waals surface area contributed by atoms with E-state index in [1.165, 1.54) is 0 Å². The highest BCUT2D eigenvalue weighted by Crippen LogP contribution is 2.34. The Balaban J connectivity index is 0.00000264. The Hall–Kier alpha value is -0.980. The topological polar surface area (TPSA) is 50.8 Å². The summed E-state index contributed by atoms with van der Waals surface area (Å²) in [5.41, 5.74) is 0.926. The average molecular weight is 408 g/mol. The second kappa shape index (κ2) is 10.0. The first-order valence-corrected chi connectivity index (χ1v) is 8.51. The number of halogens is 2. The summed E-state index contributed by atoms with van der Waals surface area (Å²) in [6.07, 6.45) is 0.368. The molecule has 1 aliphatic heterocycles. The second-order valence-corrected chi connectivity index (χ2v) is 5.92. The first-order valence-electron chi connectivity index (χ1n) is 7.72. The smallest absolute Gasteiger partial charge is 0.227 e. The number of piperazine rings is 1. The summed E-state index contributed by atoms with van der Waals surface area (Å²) in [4.78, 5) is 14.3. The van der Waals surface area contributed by atoms with Crippen LogP contribution in [-0.4, -0.2) is 50.2 Å². The van der Waals surface area contributed by atoms with Crippen molar-refractivity contribution in [1.82, 2.24) is 10.2 Å². The van der Waals surface area contributed by atoms with Gasteiger partial charge in [0.15, 0.2) is 11.5 Å². The van der Waals surface area contributed by atoms with Gasteiger partial charge in [0.25, 0.3) is 0 Å². The highest BCUT2D eigenvalue weighted by Gasteiger charge is 2.19. The van der Waals surface area contributed by atoms with Gasteiger partial charge in [-0.15, -0.1) is 12.4 Å². The minimum absolute atomic E-state index is 0. The molecule has 0 spiro atoms. The normalized spacial score (nSPS) is 14.1. The molecule has 5 nitrogen and oxygen atoms in total. The zero-order valence-corrected chi connectivity index (χ0v) is 16.0. The summed E-state index contributed by atoms with van der Waals surface area (Å²) in [7, 11) is 0. The van der Waals surface area contributed by atoms with E-state index in [4.69, 9.17) is 9.47 Å². The first-order chi connectivity index (χ1) is 10.7. The monoisotopic (exact) mass is 406 g/mol. The van der Waals surface area contributed by atoms with Crippen molar-refractivity contribution in [2.24, 2.45) is 0 Å². The number of nitrogens with zero attached hydrogens (tertiary/aromatic N) is 1. The van der Waals surface area contributed by atoms with Crippen LogP contribution >= 0.6 is 28.3 Å². The maximum Gasteiger partial charge on any atom is 0.227 e. The molecule has 1 amide bonds. The van der Waals surface area contributed by atoms with Crippen LogP contribution in [0.2, 0.25) is 0 Å². The molecule has 0 aromatic heterocycles. The molecular weight excluding hydrogens is 384 g/mol. The fraction of sp³-hybridized carbons (Fsp3) is 0.562. The Kier molecular flexibility index (Phi) is 8.73. The van der Waals surface area contributed by atoms with Crippen LogP contribution in [0.3, 0.4) is 0 Å². The fourth-order valence-electron chi connectivity index (χ4n) is 2.44. The van der Waals surface area contributed by atoms with E-state index in [-0.39, 0.29) is 18.3 Å². The Morgan fingerprint density at radius 1 is 1.17 bits per heavy atom. The third-order valence-electron chi connectivity index (χ3n) is 3.52. The molecular formula is C16H24BrClN2O3. The van der Waals surface area contributed by atoms with Gasteiger partial charge in [0, 0.05) is 30.7 Å². The number of amides is 1. The highest BCUT2D eigenvalue weighted by molar-refractivity contribution is 9.10. The van der Waals surface area contributed by atoms with E-state index >= 15 is 0 Å². The van der Waals surface area contributed by atoms with Crippen LogP contribution in [0, 0.1) is 0 Å². The summed E-state index contributed by atoms with van der Waals surface area (Å²) in [5.74, 6) is 1.54. The van der Waals surface area contributed by atoms with Gasteiger partial charge in [0.2, 0.25) is 5.91 Å². The first kappa shape index (κ1) is 20.1. The van der Waals surface area contributed by atoms with Gasteiger partial charge in [-0.05, 0) is 31.5 Å². The quantitative estimate of drug-likeness (QED) is 0.787. The van der Waals surface area contributed by atoms with Crippen LogP contribution in [0.25, 0.3) is 0 Å². The minimum Gasteiger partial charge on any atom is -0.490 e. The van der Waals surface area contributed by atoms with Crippen LogP contribution in [-0.2, 0) is 11.2 Å². The number of rotatable bonds is 6.